The second-order valence-electron chi connectivity index (χ2n) is 6.93. The molecule has 0 fully saturated rings. The van der Waals surface area contributed by atoms with Gasteiger partial charge in [-0.25, -0.2) is 0 Å². The number of hydrogen-bond donors (Lipinski definition) is 2. The number of nitriles is 1. The number of nitrogens with one attached hydrogen (secondary N) is 1. The average Bonchev–Trinajstić information content (AvgIpc) is 2.27. The van der Waals surface area contributed by atoms with Crippen LogP contribution in [0.1, 0.15) is 60.8 Å². The lowest BCUT2D eigenvalue weighted by Gasteiger charge is -2.39. The van der Waals surface area contributed by atoms with Crippen molar-refractivity contribution in [2.24, 2.45) is 10.8 Å². The number of nitrogens with zero attached hydrogens (tertiary/aromatic N) is 1. The smallest absolute Gasteiger partial charge is 0.310 e. The molecule has 0 amide bonds. The zero-order valence-corrected chi connectivity index (χ0v) is 13.1. The fourth-order valence-corrected chi connectivity index (χ4v) is 1.64. The van der Waals surface area contributed by atoms with Crippen molar-refractivity contribution in [3.05, 3.63) is 0 Å². The highest BCUT2D eigenvalue weighted by Gasteiger charge is 2.42. The van der Waals surface area contributed by atoms with E-state index in [1.807, 2.05) is 27.7 Å². The molecule has 0 radical (unpaired) electrons. The monoisotopic (exact) mass is 268 g/mol. The Kier molecular flexibility index (Phi) is 6.02. The zero-order chi connectivity index (χ0) is 15.3. The maximum absolute atomic E-state index is 11.3. The van der Waals surface area contributed by atoms with Crippen LogP contribution in [0.5, 0.6) is 0 Å². The minimum Gasteiger partial charge on any atom is -0.481 e. The number of carboxylic acids is 1. The Balaban J connectivity index is 4.15. The lowest BCUT2D eigenvalue weighted by molar-refractivity contribution is -0.151. The van der Waals surface area contributed by atoms with Crippen LogP contribution in [0.25, 0.3) is 0 Å². The van der Waals surface area contributed by atoms with Crippen molar-refractivity contribution in [1.82, 2.24) is 5.32 Å². The van der Waals surface area contributed by atoms with Crippen LogP contribution in [0.4, 0.5) is 0 Å². The summed E-state index contributed by atoms with van der Waals surface area (Å²) < 4.78 is 0. The third-order valence-corrected chi connectivity index (χ3v) is 4.20. The summed E-state index contributed by atoms with van der Waals surface area (Å²) in [6, 6.07) is 2.29. The quantitative estimate of drug-likeness (QED) is 0.663. The van der Waals surface area contributed by atoms with Crippen molar-refractivity contribution in [2.75, 3.05) is 6.54 Å². The number of carbonyl (C=O) groups is 1. The van der Waals surface area contributed by atoms with Gasteiger partial charge in [0.2, 0.25) is 0 Å². The van der Waals surface area contributed by atoms with Gasteiger partial charge in [-0.15, -0.1) is 0 Å². The molecule has 0 aliphatic heterocycles. The molecule has 0 aromatic heterocycles. The lowest BCUT2D eigenvalue weighted by atomic mass is 9.74. The minimum atomic E-state index is -0.821. The van der Waals surface area contributed by atoms with Crippen molar-refractivity contribution in [3.63, 3.8) is 0 Å². The first-order chi connectivity index (χ1) is 8.46. The first-order valence-electron chi connectivity index (χ1n) is 6.86. The molecule has 0 saturated heterocycles. The van der Waals surface area contributed by atoms with Gasteiger partial charge in [0.15, 0.2) is 0 Å². The summed E-state index contributed by atoms with van der Waals surface area (Å²) in [4.78, 5) is 11.3. The van der Waals surface area contributed by atoms with Gasteiger partial charge in [-0.2, -0.15) is 5.26 Å². The normalized spacial score (nSPS) is 13.1. The van der Waals surface area contributed by atoms with E-state index >= 15 is 0 Å². The van der Waals surface area contributed by atoms with E-state index in [4.69, 9.17) is 5.26 Å². The molecule has 0 atom stereocenters. The Hall–Kier alpha value is -1.08. The summed E-state index contributed by atoms with van der Waals surface area (Å²) in [5.74, 6) is -0.796. The SMILES string of the molecule is CC(C)(C#N)CCCCNC(C)(C)C(C)(C)C(=O)O. The van der Waals surface area contributed by atoms with E-state index in [9.17, 15) is 9.90 Å². The molecule has 0 heterocycles. The maximum atomic E-state index is 11.3. The molecule has 0 aliphatic carbocycles. The molecule has 0 rings (SSSR count). The van der Waals surface area contributed by atoms with E-state index < -0.39 is 16.9 Å². The number of rotatable bonds is 8. The minimum absolute atomic E-state index is 0.268. The molecule has 0 bridgehead atoms. The van der Waals surface area contributed by atoms with Gasteiger partial charge >= 0.3 is 5.97 Å². The fraction of sp³-hybridized carbons (Fsp3) is 0.867. The Labute approximate surface area is 117 Å². The van der Waals surface area contributed by atoms with Gasteiger partial charge in [0.25, 0.3) is 0 Å². The topological polar surface area (TPSA) is 73.1 Å². The Bertz CT molecular complexity index is 352. The van der Waals surface area contributed by atoms with Crippen LogP contribution in [-0.2, 0) is 4.79 Å². The predicted octanol–water partition coefficient (Wildman–Crippen LogP) is 3.19. The summed E-state index contributed by atoms with van der Waals surface area (Å²) in [7, 11) is 0. The van der Waals surface area contributed by atoms with Gasteiger partial charge in [0, 0.05) is 5.54 Å². The van der Waals surface area contributed by atoms with E-state index in [1.165, 1.54) is 0 Å². The standard InChI is InChI=1S/C15H28N2O2/c1-13(2,11-16)9-7-8-10-17-15(5,6)14(3,4)12(18)19/h17H,7-10H2,1-6H3,(H,18,19). The molecule has 4 heteroatoms. The van der Waals surface area contributed by atoms with Crippen LogP contribution in [-0.4, -0.2) is 23.2 Å². The van der Waals surface area contributed by atoms with E-state index in [0.29, 0.717) is 0 Å². The lowest BCUT2D eigenvalue weighted by Crippen LogP contribution is -2.55. The van der Waals surface area contributed by atoms with Gasteiger partial charge in [0.1, 0.15) is 0 Å². The number of hydrogen-bond acceptors (Lipinski definition) is 3. The second kappa shape index (κ2) is 6.38. The summed E-state index contributed by atoms with van der Waals surface area (Å²) in [5.41, 5.74) is -1.56. The van der Waals surface area contributed by atoms with E-state index in [2.05, 4.69) is 11.4 Å². The van der Waals surface area contributed by atoms with Crippen LogP contribution in [0.2, 0.25) is 0 Å². The van der Waals surface area contributed by atoms with Crippen LogP contribution >= 0.6 is 0 Å². The highest BCUT2D eigenvalue weighted by molar-refractivity contribution is 5.75. The first kappa shape index (κ1) is 17.9. The number of aliphatic carboxylic acids is 1. The van der Waals surface area contributed by atoms with Crippen LogP contribution in [0.3, 0.4) is 0 Å². The molecule has 0 unspecified atom stereocenters. The molecule has 0 aromatic rings. The van der Waals surface area contributed by atoms with E-state index in [0.717, 1.165) is 25.8 Å². The molecule has 0 aliphatic rings. The molecule has 2 N–H and O–H groups in total. The summed E-state index contributed by atoms with van der Waals surface area (Å²) in [5, 5.41) is 21.5. The third kappa shape index (κ3) is 5.20. The molecule has 4 nitrogen and oxygen atoms in total. The van der Waals surface area contributed by atoms with Crippen LogP contribution < -0.4 is 5.32 Å². The Morgan fingerprint density at radius 3 is 2.11 bits per heavy atom. The van der Waals surface area contributed by atoms with Gasteiger partial charge in [-0.05, 0) is 60.9 Å². The maximum Gasteiger partial charge on any atom is 0.310 e. The van der Waals surface area contributed by atoms with Crippen molar-refractivity contribution >= 4 is 5.97 Å². The fourth-order valence-electron chi connectivity index (χ4n) is 1.64. The van der Waals surface area contributed by atoms with Crippen LogP contribution in [0, 0.1) is 22.2 Å². The average molecular weight is 268 g/mol. The molecule has 0 aromatic carbocycles. The van der Waals surface area contributed by atoms with Crippen molar-refractivity contribution in [3.8, 4) is 6.07 Å². The Morgan fingerprint density at radius 2 is 1.68 bits per heavy atom. The number of unbranched alkanes of at least 4 members (excludes halogenated alkanes) is 1. The summed E-state index contributed by atoms with van der Waals surface area (Å²) in [6.45, 7) is 12.0. The largest absolute Gasteiger partial charge is 0.481 e. The highest BCUT2D eigenvalue weighted by atomic mass is 16.4. The molecule has 110 valence electrons. The van der Waals surface area contributed by atoms with E-state index in [-0.39, 0.29) is 5.41 Å². The first-order valence-corrected chi connectivity index (χ1v) is 6.86. The highest BCUT2D eigenvalue weighted by Crippen LogP contribution is 2.30. The number of carboxylic acid groups (broad SMARTS) is 1. The van der Waals surface area contributed by atoms with Gasteiger partial charge in [0.05, 0.1) is 16.9 Å². The van der Waals surface area contributed by atoms with Crippen molar-refractivity contribution in [1.29, 1.82) is 5.26 Å². The Morgan fingerprint density at radius 1 is 1.16 bits per heavy atom. The van der Waals surface area contributed by atoms with Gasteiger partial charge < -0.3 is 10.4 Å². The molecule has 0 saturated carbocycles. The predicted molar refractivity (Wildman–Crippen MR) is 76.7 cm³/mol. The summed E-state index contributed by atoms with van der Waals surface area (Å²) in [6.07, 6.45) is 2.79. The van der Waals surface area contributed by atoms with Crippen LogP contribution in [0.15, 0.2) is 0 Å². The van der Waals surface area contributed by atoms with Crippen molar-refractivity contribution in [2.45, 2.75) is 66.3 Å². The zero-order valence-electron chi connectivity index (χ0n) is 13.1. The van der Waals surface area contributed by atoms with E-state index in [1.54, 1.807) is 13.8 Å². The van der Waals surface area contributed by atoms with Crippen molar-refractivity contribution < 1.29 is 9.90 Å². The van der Waals surface area contributed by atoms with Gasteiger partial charge in [-0.3, -0.25) is 4.79 Å². The van der Waals surface area contributed by atoms with Gasteiger partial charge in [-0.1, -0.05) is 6.42 Å². The summed E-state index contributed by atoms with van der Waals surface area (Å²) >= 11 is 0. The molecule has 0 spiro atoms. The third-order valence-electron chi connectivity index (χ3n) is 4.20. The molecular weight excluding hydrogens is 240 g/mol. The molecule has 19 heavy (non-hydrogen) atoms. The second-order valence-corrected chi connectivity index (χ2v) is 6.93. The molecular formula is C15H28N2O2.